The summed E-state index contributed by atoms with van der Waals surface area (Å²) in [6.07, 6.45) is 0. The van der Waals surface area contributed by atoms with Crippen molar-refractivity contribution in [2.45, 2.75) is 12.3 Å². The molecule has 11 aromatic rings. The first-order valence-electron chi connectivity index (χ1n) is 18.4. The van der Waals surface area contributed by atoms with Gasteiger partial charge >= 0.3 is 0 Å². The summed E-state index contributed by atoms with van der Waals surface area (Å²) >= 11 is 5.67. The van der Waals surface area contributed by atoms with Gasteiger partial charge in [-0.05, 0) is 89.3 Å². The summed E-state index contributed by atoms with van der Waals surface area (Å²) < 4.78 is 7.88. The van der Waals surface area contributed by atoms with Crippen LogP contribution in [0.2, 0.25) is 0 Å². The number of fused-ring (bicyclic) bond motifs is 12. The minimum Gasteiger partial charge on any atom is -0.309 e. The lowest BCUT2D eigenvalue weighted by Crippen LogP contribution is -2.23. The zero-order valence-electron chi connectivity index (χ0n) is 29.3. The highest BCUT2D eigenvalue weighted by Crippen LogP contribution is 2.57. The van der Waals surface area contributed by atoms with Gasteiger partial charge in [-0.1, -0.05) is 115 Å². The molecule has 1 aliphatic carbocycles. The molecule has 12 rings (SSSR count). The van der Waals surface area contributed by atoms with E-state index in [9.17, 15) is 0 Å². The summed E-state index contributed by atoms with van der Waals surface area (Å²) in [6, 6.07) is 63.7. The summed E-state index contributed by atoms with van der Waals surface area (Å²) in [5.74, 6) is 0. The fraction of sp³-hybridized carbons (Fsp3) is 0.0400. The van der Waals surface area contributed by atoms with Gasteiger partial charge in [0.25, 0.3) is 0 Å². The van der Waals surface area contributed by atoms with Crippen LogP contribution in [-0.2, 0) is 5.41 Å². The first-order chi connectivity index (χ1) is 26.6. The third-order valence-corrected chi connectivity index (χ3v) is 15.2. The SMILES string of the molecule is CC1(c2ccc(N(c3ccc4c(c3)sc3ccccc34)c3ccc4sc5ccccc5c4c3)c3sc4ccccc4c23)c2ccccc2-c2ccccc21. The second-order valence-electron chi connectivity index (χ2n) is 14.5. The van der Waals surface area contributed by atoms with Crippen molar-refractivity contribution < 1.29 is 0 Å². The van der Waals surface area contributed by atoms with Gasteiger partial charge in [-0.15, -0.1) is 34.0 Å². The summed E-state index contributed by atoms with van der Waals surface area (Å²) in [5.41, 5.74) is 10.00. The molecular weight excluding hydrogens is 711 g/mol. The lowest BCUT2D eigenvalue weighted by Gasteiger charge is -2.31. The fourth-order valence-corrected chi connectivity index (χ4v) is 12.7. The molecule has 0 radical (unpaired) electrons. The molecule has 0 saturated carbocycles. The van der Waals surface area contributed by atoms with Crippen molar-refractivity contribution in [1.82, 2.24) is 0 Å². The highest BCUT2D eigenvalue weighted by atomic mass is 32.1. The molecule has 3 aromatic heterocycles. The predicted molar refractivity (Wildman–Crippen MR) is 237 cm³/mol. The predicted octanol–water partition coefficient (Wildman–Crippen LogP) is 15.6. The van der Waals surface area contributed by atoms with E-state index in [-0.39, 0.29) is 5.41 Å². The van der Waals surface area contributed by atoms with E-state index in [2.05, 4.69) is 182 Å². The molecule has 3 heterocycles. The maximum Gasteiger partial charge on any atom is 0.0640 e. The zero-order valence-corrected chi connectivity index (χ0v) is 31.8. The minimum absolute atomic E-state index is 0.316. The number of nitrogens with zero attached hydrogens (tertiary/aromatic N) is 1. The number of hydrogen-bond donors (Lipinski definition) is 0. The van der Waals surface area contributed by atoms with E-state index in [0.29, 0.717) is 0 Å². The Labute approximate surface area is 324 Å². The molecule has 0 atom stereocenters. The van der Waals surface area contributed by atoms with Crippen molar-refractivity contribution in [3.05, 3.63) is 187 Å². The van der Waals surface area contributed by atoms with Gasteiger partial charge in [-0.2, -0.15) is 0 Å². The Morgan fingerprint density at radius 3 is 1.63 bits per heavy atom. The molecule has 0 amide bonds. The summed E-state index contributed by atoms with van der Waals surface area (Å²) in [7, 11) is 0. The fourth-order valence-electron chi connectivity index (χ4n) is 9.28. The van der Waals surface area contributed by atoms with Crippen LogP contribution in [-0.4, -0.2) is 0 Å². The Balaban J connectivity index is 1.17. The van der Waals surface area contributed by atoms with Gasteiger partial charge in [0.1, 0.15) is 0 Å². The van der Waals surface area contributed by atoms with E-state index in [1.807, 2.05) is 34.0 Å². The Morgan fingerprint density at radius 1 is 0.389 bits per heavy atom. The topological polar surface area (TPSA) is 3.24 Å². The van der Waals surface area contributed by atoms with Gasteiger partial charge in [0.2, 0.25) is 0 Å². The quantitative estimate of drug-likeness (QED) is 0.174. The largest absolute Gasteiger partial charge is 0.309 e. The van der Waals surface area contributed by atoms with Gasteiger partial charge in [0, 0.05) is 72.6 Å². The molecule has 254 valence electrons. The lowest BCUT2D eigenvalue weighted by atomic mass is 9.72. The van der Waals surface area contributed by atoms with Crippen molar-refractivity contribution >= 4 is 112 Å². The number of rotatable bonds is 4. The van der Waals surface area contributed by atoms with Crippen LogP contribution in [0.5, 0.6) is 0 Å². The first-order valence-corrected chi connectivity index (χ1v) is 20.9. The zero-order chi connectivity index (χ0) is 35.5. The van der Waals surface area contributed by atoms with Gasteiger partial charge in [-0.3, -0.25) is 0 Å². The molecule has 1 aliphatic rings. The molecule has 0 spiro atoms. The van der Waals surface area contributed by atoms with Gasteiger partial charge in [0.15, 0.2) is 0 Å². The Hall–Kier alpha value is -5.78. The molecule has 54 heavy (non-hydrogen) atoms. The summed E-state index contributed by atoms with van der Waals surface area (Å²) in [4.78, 5) is 2.52. The second kappa shape index (κ2) is 11.4. The van der Waals surface area contributed by atoms with Crippen molar-refractivity contribution in [1.29, 1.82) is 0 Å². The van der Waals surface area contributed by atoms with Crippen LogP contribution in [0.1, 0.15) is 23.6 Å². The third-order valence-electron chi connectivity index (χ3n) is 11.7. The lowest BCUT2D eigenvalue weighted by molar-refractivity contribution is 0.722. The average Bonchev–Trinajstić information content (AvgIpc) is 3.97. The normalized spacial score (nSPS) is 13.4. The van der Waals surface area contributed by atoms with Crippen molar-refractivity contribution in [3.63, 3.8) is 0 Å². The molecule has 0 bridgehead atoms. The number of thiophene rings is 3. The van der Waals surface area contributed by atoms with Crippen LogP contribution in [0, 0.1) is 0 Å². The number of benzene rings is 8. The second-order valence-corrected chi connectivity index (χ2v) is 17.8. The Bertz CT molecular complexity index is 3280. The standard InChI is InChI=1S/C50H31NS3/c1-50(39-17-7-2-12-32(39)33-13-3-8-18-40(33)50)41-25-26-42(49-48(41)37-16-6-11-21-45(37)54-49)51(30-23-27-46-38(28-30)35-15-5-10-20-44(35)52-46)31-22-24-36-34-14-4-9-19-43(34)53-47(36)29-31/h2-29H,1H3. The van der Waals surface area contributed by atoms with E-state index >= 15 is 0 Å². The average molecular weight is 742 g/mol. The molecule has 0 aliphatic heterocycles. The summed E-state index contributed by atoms with van der Waals surface area (Å²) in [5, 5.41) is 7.91. The Morgan fingerprint density at radius 2 is 0.907 bits per heavy atom. The van der Waals surface area contributed by atoms with Crippen molar-refractivity contribution in [3.8, 4) is 11.1 Å². The van der Waals surface area contributed by atoms with Crippen molar-refractivity contribution in [2.75, 3.05) is 4.90 Å². The molecule has 0 fully saturated rings. The van der Waals surface area contributed by atoms with Crippen LogP contribution in [0.25, 0.3) is 71.6 Å². The molecule has 0 unspecified atom stereocenters. The van der Waals surface area contributed by atoms with Gasteiger partial charge in [-0.25, -0.2) is 0 Å². The molecule has 1 nitrogen and oxygen atoms in total. The number of anilines is 3. The number of hydrogen-bond acceptors (Lipinski definition) is 4. The van der Waals surface area contributed by atoms with Crippen LogP contribution in [0.4, 0.5) is 17.1 Å². The van der Waals surface area contributed by atoms with E-state index in [0.717, 1.165) is 0 Å². The molecule has 8 aromatic carbocycles. The van der Waals surface area contributed by atoms with Crippen LogP contribution >= 0.6 is 34.0 Å². The maximum absolute atomic E-state index is 2.52. The van der Waals surface area contributed by atoms with Crippen LogP contribution in [0.3, 0.4) is 0 Å². The summed E-state index contributed by atoms with van der Waals surface area (Å²) in [6.45, 7) is 2.45. The van der Waals surface area contributed by atoms with E-state index in [4.69, 9.17) is 0 Å². The first kappa shape index (κ1) is 30.7. The molecule has 4 heteroatoms. The molecule has 0 N–H and O–H groups in total. The van der Waals surface area contributed by atoms with Gasteiger partial charge in [0.05, 0.1) is 10.4 Å². The van der Waals surface area contributed by atoms with E-state index < -0.39 is 0 Å². The highest BCUT2D eigenvalue weighted by Gasteiger charge is 2.42. The van der Waals surface area contributed by atoms with Crippen LogP contribution < -0.4 is 4.90 Å². The van der Waals surface area contributed by atoms with E-state index in [1.54, 1.807) is 0 Å². The third kappa shape index (κ3) is 4.19. The Kier molecular flexibility index (Phi) is 6.45. The monoisotopic (exact) mass is 741 g/mol. The molecular formula is C50H31NS3. The van der Waals surface area contributed by atoms with Crippen LogP contribution in [0.15, 0.2) is 170 Å². The van der Waals surface area contributed by atoms with Crippen molar-refractivity contribution in [2.24, 2.45) is 0 Å². The smallest absolute Gasteiger partial charge is 0.0640 e. The molecule has 0 saturated heterocycles. The van der Waals surface area contributed by atoms with E-state index in [1.165, 1.54) is 105 Å². The maximum atomic E-state index is 2.52. The minimum atomic E-state index is -0.316. The van der Waals surface area contributed by atoms with Gasteiger partial charge < -0.3 is 4.90 Å². The highest BCUT2D eigenvalue weighted by molar-refractivity contribution is 7.27.